The van der Waals surface area contributed by atoms with Crippen LogP contribution in [0.2, 0.25) is 10.0 Å². The number of ether oxygens (including phenoxy) is 1. The van der Waals surface area contributed by atoms with Crippen LogP contribution in [0.4, 0.5) is 10.5 Å². The first kappa shape index (κ1) is 15.5. The van der Waals surface area contributed by atoms with Gasteiger partial charge in [-0.25, -0.2) is 4.79 Å². The fourth-order valence-electron chi connectivity index (χ4n) is 1.78. The van der Waals surface area contributed by atoms with Crippen molar-refractivity contribution in [1.29, 1.82) is 0 Å². The third-order valence-corrected chi connectivity index (χ3v) is 3.32. The topological polar surface area (TPSA) is 50.4 Å². The van der Waals surface area contributed by atoms with Crippen LogP contribution in [0.1, 0.15) is 5.56 Å². The zero-order chi connectivity index (χ0) is 15.2. The van der Waals surface area contributed by atoms with Gasteiger partial charge in [0, 0.05) is 12.2 Å². The predicted octanol–water partition coefficient (Wildman–Crippen LogP) is 4.32. The number of hydrogen-bond donors (Lipinski definition) is 2. The van der Waals surface area contributed by atoms with Gasteiger partial charge in [-0.3, -0.25) is 0 Å². The Morgan fingerprint density at radius 3 is 2.33 bits per heavy atom. The molecule has 0 spiro atoms. The maximum absolute atomic E-state index is 11.8. The number of amides is 2. The highest BCUT2D eigenvalue weighted by atomic mass is 35.5. The van der Waals surface area contributed by atoms with Gasteiger partial charge in [-0.1, -0.05) is 53.5 Å². The van der Waals surface area contributed by atoms with E-state index in [1.165, 1.54) is 7.11 Å². The summed E-state index contributed by atoms with van der Waals surface area (Å²) in [4.78, 5) is 11.8. The van der Waals surface area contributed by atoms with Gasteiger partial charge in [-0.2, -0.15) is 0 Å². The summed E-state index contributed by atoms with van der Waals surface area (Å²) in [6.07, 6.45) is 0. The molecule has 2 aromatic carbocycles. The standard InChI is InChI=1S/C15H14Cl2N2O2/c1-21-14-12(16)7-11(8-13(14)17)19-15(20)18-9-10-5-3-2-4-6-10/h2-8H,9H2,1H3,(H2,18,19,20). The summed E-state index contributed by atoms with van der Waals surface area (Å²) in [5.74, 6) is 0.383. The second kappa shape index (κ2) is 7.20. The molecule has 0 radical (unpaired) electrons. The van der Waals surface area contributed by atoms with Gasteiger partial charge in [0.15, 0.2) is 5.75 Å². The summed E-state index contributed by atoms with van der Waals surface area (Å²) in [5.41, 5.74) is 1.51. The number of halogens is 2. The smallest absolute Gasteiger partial charge is 0.319 e. The lowest BCUT2D eigenvalue weighted by atomic mass is 10.2. The number of carbonyl (C=O) groups is 1. The summed E-state index contributed by atoms with van der Waals surface area (Å²) >= 11 is 12.0. The summed E-state index contributed by atoms with van der Waals surface area (Å²) in [7, 11) is 1.48. The predicted molar refractivity (Wildman–Crippen MR) is 85.3 cm³/mol. The monoisotopic (exact) mass is 324 g/mol. The largest absolute Gasteiger partial charge is 0.494 e. The molecule has 0 aromatic heterocycles. The SMILES string of the molecule is COc1c(Cl)cc(NC(=O)NCc2ccccc2)cc1Cl. The van der Waals surface area contributed by atoms with Crippen LogP contribution in [-0.2, 0) is 6.54 Å². The first-order valence-electron chi connectivity index (χ1n) is 6.22. The quantitative estimate of drug-likeness (QED) is 0.879. The Kier molecular flexibility index (Phi) is 5.31. The van der Waals surface area contributed by atoms with Crippen LogP contribution in [0.5, 0.6) is 5.75 Å². The normalized spacial score (nSPS) is 10.0. The number of urea groups is 1. The van der Waals surface area contributed by atoms with Crippen molar-refractivity contribution in [3.63, 3.8) is 0 Å². The second-order valence-electron chi connectivity index (χ2n) is 4.27. The van der Waals surface area contributed by atoms with Crippen LogP contribution in [-0.4, -0.2) is 13.1 Å². The molecule has 0 aliphatic heterocycles. The zero-order valence-corrected chi connectivity index (χ0v) is 12.8. The summed E-state index contributed by atoms with van der Waals surface area (Å²) in [6, 6.07) is 12.4. The lowest BCUT2D eigenvalue weighted by Crippen LogP contribution is -2.28. The molecule has 0 saturated carbocycles. The average Bonchev–Trinajstić information content (AvgIpc) is 2.46. The van der Waals surface area contributed by atoms with E-state index in [-0.39, 0.29) is 6.03 Å². The van der Waals surface area contributed by atoms with Crippen molar-refractivity contribution in [2.45, 2.75) is 6.54 Å². The Balaban J connectivity index is 1.97. The van der Waals surface area contributed by atoms with Crippen molar-refractivity contribution in [3.05, 3.63) is 58.1 Å². The van der Waals surface area contributed by atoms with Gasteiger partial charge in [0.05, 0.1) is 17.2 Å². The van der Waals surface area contributed by atoms with Crippen LogP contribution < -0.4 is 15.4 Å². The zero-order valence-electron chi connectivity index (χ0n) is 11.3. The van der Waals surface area contributed by atoms with E-state index < -0.39 is 0 Å². The number of carbonyl (C=O) groups excluding carboxylic acids is 1. The molecule has 0 fully saturated rings. The summed E-state index contributed by atoms with van der Waals surface area (Å²) in [6.45, 7) is 0.435. The lowest BCUT2D eigenvalue weighted by molar-refractivity contribution is 0.251. The van der Waals surface area contributed by atoms with Crippen molar-refractivity contribution < 1.29 is 9.53 Å². The van der Waals surface area contributed by atoms with Crippen molar-refractivity contribution >= 4 is 34.9 Å². The van der Waals surface area contributed by atoms with Crippen molar-refractivity contribution in [2.75, 3.05) is 12.4 Å². The Hall–Kier alpha value is -1.91. The van der Waals surface area contributed by atoms with E-state index in [1.54, 1.807) is 12.1 Å². The molecule has 0 atom stereocenters. The first-order valence-corrected chi connectivity index (χ1v) is 6.97. The van der Waals surface area contributed by atoms with Gasteiger partial charge in [-0.15, -0.1) is 0 Å². The fraction of sp³-hybridized carbons (Fsp3) is 0.133. The van der Waals surface area contributed by atoms with Gasteiger partial charge >= 0.3 is 6.03 Å². The van der Waals surface area contributed by atoms with Gasteiger partial charge in [0.2, 0.25) is 0 Å². The molecule has 4 nitrogen and oxygen atoms in total. The van der Waals surface area contributed by atoms with Gasteiger partial charge in [-0.05, 0) is 17.7 Å². The number of hydrogen-bond acceptors (Lipinski definition) is 2. The molecule has 0 aliphatic carbocycles. The van der Waals surface area contributed by atoms with E-state index in [0.29, 0.717) is 28.0 Å². The Labute approximate surface area is 133 Å². The van der Waals surface area contributed by atoms with E-state index >= 15 is 0 Å². The number of rotatable bonds is 4. The molecule has 21 heavy (non-hydrogen) atoms. The van der Waals surface area contributed by atoms with Crippen LogP contribution in [0.25, 0.3) is 0 Å². The second-order valence-corrected chi connectivity index (χ2v) is 5.08. The molecule has 0 heterocycles. The number of benzene rings is 2. The van der Waals surface area contributed by atoms with Crippen molar-refractivity contribution in [1.82, 2.24) is 5.32 Å². The molecular formula is C15H14Cl2N2O2. The van der Waals surface area contributed by atoms with Gasteiger partial charge < -0.3 is 15.4 Å². The van der Waals surface area contributed by atoms with Gasteiger partial charge in [0.1, 0.15) is 0 Å². The summed E-state index contributed by atoms with van der Waals surface area (Å²) in [5, 5.41) is 6.09. The molecule has 110 valence electrons. The Morgan fingerprint density at radius 1 is 1.14 bits per heavy atom. The molecule has 2 rings (SSSR count). The maximum atomic E-state index is 11.8. The molecule has 2 amide bonds. The molecule has 2 aromatic rings. The van der Waals surface area contributed by atoms with Crippen LogP contribution in [0.3, 0.4) is 0 Å². The van der Waals surface area contributed by atoms with Crippen molar-refractivity contribution in [2.24, 2.45) is 0 Å². The number of nitrogens with one attached hydrogen (secondary N) is 2. The minimum absolute atomic E-state index is 0.336. The minimum Gasteiger partial charge on any atom is -0.494 e. The minimum atomic E-state index is -0.337. The number of anilines is 1. The molecule has 6 heteroatoms. The lowest BCUT2D eigenvalue weighted by Gasteiger charge is -2.11. The first-order chi connectivity index (χ1) is 10.1. The van der Waals surface area contributed by atoms with E-state index in [2.05, 4.69) is 10.6 Å². The third kappa shape index (κ3) is 4.28. The molecule has 0 unspecified atom stereocenters. The summed E-state index contributed by atoms with van der Waals surface area (Å²) < 4.78 is 5.05. The van der Waals surface area contributed by atoms with Crippen molar-refractivity contribution in [3.8, 4) is 5.75 Å². The molecular weight excluding hydrogens is 311 g/mol. The highest BCUT2D eigenvalue weighted by Crippen LogP contribution is 2.35. The number of methoxy groups -OCH3 is 1. The average molecular weight is 325 g/mol. The molecule has 0 saturated heterocycles. The van der Waals surface area contributed by atoms with E-state index in [1.807, 2.05) is 30.3 Å². The van der Waals surface area contributed by atoms with E-state index in [9.17, 15) is 4.79 Å². The highest BCUT2D eigenvalue weighted by Gasteiger charge is 2.10. The van der Waals surface area contributed by atoms with Gasteiger partial charge in [0.25, 0.3) is 0 Å². The van der Waals surface area contributed by atoms with E-state index in [4.69, 9.17) is 27.9 Å². The molecule has 2 N–H and O–H groups in total. The Morgan fingerprint density at radius 2 is 1.76 bits per heavy atom. The van der Waals surface area contributed by atoms with Crippen LogP contribution in [0.15, 0.2) is 42.5 Å². The van der Waals surface area contributed by atoms with Crippen LogP contribution in [0, 0.1) is 0 Å². The van der Waals surface area contributed by atoms with Crippen LogP contribution >= 0.6 is 23.2 Å². The highest BCUT2D eigenvalue weighted by molar-refractivity contribution is 6.37. The van der Waals surface area contributed by atoms with E-state index in [0.717, 1.165) is 5.56 Å². The maximum Gasteiger partial charge on any atom is 0.319 e. The Bertz CT molecular complexity index is 610. The molecule has 0 aliphatic rings. The fourth-order valence-corrected chi connectivity index (χ4v) is 2.42. The third-order valence-electron chi connectivity index (χ3n) is 2.76. The molecule has 0 bridgehead atoms.